The predicted molar refractivity (Wildman–Crippen MR) is 120 cm³/mol. The standard InChI is InChI=1S/C24H24F3N5O5/c25-20-12(3-4-13-10-31(23(35)19(13)20)16-5-6-18(33)29-22(16)34)9-28-24(36)37-11-14-8-17-15(21(26)27)2-1-7-32(17)30-14/h3-4,8,15-16,21H,1-2,5-7,9-11H2,(H,28,36)(H,29,33,34). The molecule has 2 unspecified atom stereocenters. The summed E-state index contributed by atoms with van der Waals surface area (Å²) in [6.45, 7) is 0.0425. The third-order valence-corrected chi connectivity index (χ3v) is 6.92. The van der Waals surface area contributed by atoms with Gasteiger partial charge in [-0.05, 0) is 30.9 Å². The molecule has 2 N–H and O–H groups in total. The van der Waals surface area contributed by atoms with E-state index in [0.29, 0.717) is 36.3 Å². The van der Waals surface area contributed by atoms with Crippen molar-refractivity contribution >= 4 is 23.8 Å². The fourth-order valence-electron chi connectivity index (χ4n) is 5.05. The van der Waals surface area contributed by atoms with Gasteiger partial charge in [0, 0.05) is 37.3 Å². The lowest BCUT2D eigenvalue weighted by molar-refractivity contribution is -0.136. The number of piperidine rings is 1. The molecule has 3 aliphatic rings. The molecule has 37 heavy (non-hydrogen) atoms. The number of hydrogen-bond donors (Lipinski definition) is 2. The van der Waals surface area contributed by atoms with Gasteiger partial charge in [-0.3, -0.25) is 24.4 Å². The topological polar surface area (TPSA) is 123 Å². The van der Waals surface area contributed by atoms with Crippen molar-refractivity contribution in [1.82, 2.24) is 25.3 Å². The first-order valence-electron chi connectivity index (χ1n) is 11.9. The number of carbonyl (C=O) groups is 4. The molecule has 3 aliphatic heterocycles. The maximum absolute atomic E-state index is 15.2. The van der Waals surface area contributed by atoms with Crippen LogP contribution in [0.2, 0.25) is 0 Å². The van der Waals surface area contributed by atoms with Crippen molar-refractivity contribution < 1.29 is 37.1 Å². The number of halogens is 3. The van der Waals surface area contributed by atoms with Crippen LogP contribution in [0.1, 0.15) is 64.5 Å². The van der Waals surface area contributed by atoms with E-state index in [0.717, 1.165) is 0 Å². The molecular formula is C24H24F3N5O5. The predicted octanol–water partition coefficient (Wildman–Crippen LogP) is 2.35. The normalized spacial score (nSPS) is 21.1. The fraction of sp³-hybridized carbons (Fsp3) is 0.458. The number of nitrogens with one attached hydrogen (secondary N) is 2. The molecule has 2 atom stereocenters. The lowest BCUT2D eigenvalue weighted by Gasteiger charge is -2.29. The Morgan fingerprint density at radius 3 is 2.81 bits per heavy atom. The summed E-state index contributed by atoms with van der Waals surface area (Å²) >= 11 is 0. The second-order valence-electron chi connectivity index (χ2n) is 9.27. The SMILES string of the molecule is O=C1CCC(N2Cc3ccc(CNC(=O)OCc4cc5n(n4)CCCC5C(F)F)c(F)c3C2=O)C(=O)N1. The lowest BCUT2D eigenvalue weighted by atomic mass is 9.96. The Morgan fingerprint density at radius 2 is 2.05 bits per heavy atom. The Bertz CT molecular complexity index is 1280. The minimum absolute atomic E-state index is 0.0359. The van der Waals surface area contributed by atoms with Crippen molar-refractivity contribution in [3.8, 4) is 0 Å². The smallest absolute Gasteiger partial charge is 0.407 e. The lowest BCUT2D eigenvalue weighted by Crippen LogP contribution is -2.52. The second kappa shape index (κ2) is 9.87. The van der Waals surface area contributed by atoms with Crippen molar-refractivity contribution in [2.75, 3.05) is 0 Å². The Kier molecular flexibility index (Phi) is 6.61. The largest absolute Gasteiger partial charge is 0.443 e. The summed E-state index contributed by atoms with van der Waals surface area (Å²) in [6.07, 6.45) is -2.17. The van der Waals surface area contributed by atoms with Gasteiger partial charge in [-0.15, -0.1) is 0 Å². The van der Waals surface area contributed by atoms with Gasteiger partial charge < -0.3 is 15.0 Å². The van der Waals surface area contributed by atoms with Crippen LogP contribution in [0.4, 0.5) is 18.0 Å². The van der Waals surface area contributed by atoms with Crippen molar-refractivity contribution in [2.45, 2.75) is 70.3 Å². The highest BCUT2D eigenvalue weighted by Crippen LogP contribution is 2.33. The number of aryl methyl sites for hydroxylation is 1. The maximum Gasteiger partial charge on any atom is 0.407 e. The number of benzene rings is 1. The van der Waals surface area contributed by atoms with Crippen LogP contribution in [0.5, 0.6) is 0 Å². The van der Waals surface area contributed by atoms with Crippen LogP contribution in [0.3, 0.4) is 0 Å². The quantitative estimate of drug-likeness (QED) is 0.565. The summed E-state index contributed by atoms with van der Waals surface area (Å²) in [6, 6.07) is 3.63. The number of amides is 4. The van der Waals surface area contributed by atoms with Gasteiger partial charge in [0.15, 0.2) is 0 Å². The Morgan fingerprint density at radius 1 is 1.24 bits per heavy atom. The van der Waals surface area contributed by atoms with Crippen LogP contribution in [-0.2, 0) is 40.6 Å². The number of alkyl carbamates (subject to hydrolysis) is 1. The van der Waals surface area contributed by atoms with Crippen LogP contribution >= 0.6 is 0 Å². The van der Waals surface area contributed by atoms with Crippen molar-refractivity contribution in [3.63, 3.8) is 0 Å². The zero-order valence-electron chi connectivity index (χ0n) is 19.6. The molecule has 0 radical (unpaired) electrons. The fourth-order valence-corrected chi connectivity index (χ4v) is 5.05. The van der Waals surface area contributed by atoms with E-state index >= 15 is 4.39 Å². The number of aromatic nitrogens is 2. The van der Waals surface area contributed by atoms with Gasteiger partial charge in [0.25, 0.3) is 5.91 Å². The maximum atomic E-state index is 15.2. The number of carbonyl (C=O) groups excluding carboxylic acids is 4. The first kappa shape index (κ1) is 24.8. The van der Waals surface area contributed by atoms with Crippen molar-refractivity contribution in [2.24, 2.45) is 0 Å². The van der Waals surface area contributed by atoms with Gasteiger partial charge in [0.05, 0.1) is 11.5 Å². The van der Waals surface area contributed by atoms with Crippen LogP contribution in [0.25, 0.3) is 0 Å². The average molecular weight is 519 g/mol. The van der Waals surface area contributed by atoms with E-state index in [1.165, 1.54) is 21.7 Å². The second-order valence-corrected chi connectivity index (χ2v) is 9.27. The number of ether oxygens (including phenoxy) is 1. The van der Waals surface area contributed by atoms with E-state index in [1.807, 2.05) is 0 Å². The third-order valence-electron chi connectivity index (χ3n) is 6.92. The summed E-state index contributed by atoms with van der Waals surface area (Å²) in [5, 5.41) is 8.82. The molecule has 1 saturated heterocycles. The highest BCUT2D eigenvalue weighted by atomic mass is 19.3. The van der Waals surface area contributed by atoms with Crippen LogP contribution in [-0.4, -0.2) is 51.0 Å². The molecular weight excluding hydrogens is 495 g/mol. The zero-order chi connectivity index (χ0) is 26.3. The summed E-state index contributed by atoms with van der Waals surface area (Å²) in [5.41, 5.74) is 1.03. The summed E-state index contributed by atoms with van der Waals surface area (Å²) in [4.78, 5) is 49.9. The Hall–Kier alpha value is -3.90. The average Bonchev–Trinajstić information content (AvgIpc) is 3.43. The highest BCUT2D eigenvalue weighted by Gasteiger charge is 2.40. The zero-order valence-corrected chi connectivity index (χ0v) is 19.6. The van der Waals surface area contributed by atoms with Crippen LogP contribution < -0.4 is 10.6 Å². The molecule has 1 aromatic carbocycles. The molecule has 2 aromatic rings. The van der Waals surface area contributed by atoms with Crippen LogP contribution in [0, 0.1) is 5.82 Å². The molecule has 4 amide bonds. The Balaban J connectivity index is 1.18. The first-order chi connectivity index (χ1) is 17.7. The van der Waals surface area contributed by atoms with Gasteiger partial charge in [-0.2, -0.15) is 5.10 Å². The minimum atomic E-state index is -2.50. The third kappa shape index (κ3) is 4.77. The molecule has 4 heterocycles. The molecule has 0 bridgehead atoms. The van der Waals surface area contributed by atoms with E-state index in [2.05, 4.69) is 15.7 Å². The number of alkyl halides is 2. The number of nitrogens with zero attached hydrogens (tertiary/aromatic N) is 3. The monoisotopic (exact) mass is 519 g/mol. The number of imide groups is 1. The van der Waals surface area contributed by atoms with E-state index in [4.69, 9.17) is 4.74 Å². The summed E-state index contributed by atoms with van der Waals surface area (Å²) in [5.74, 6) is -3.37. The van der Waals surface area contributed by atoms with Crippen molar-refractivity contribution in [1.29, 1.82) is 0 Å². The number of fused-ring (bicyclic) bond motifs is 2. The highest BCUT2D eigenvalue weighted by molar-refractivity contribution is 6.05. The molecule has 5 rings (SSSR count). The molecule has 1 fully saturated rings. The van der Waals surface area contributed by atoms with Gasteiger partial charge in [-0.25, -0.2) is 18.0 Å². The minimum Gasteiger partial charge on any atom is -0.443 e. The van der Waals surface area contributed by atoms with E-state index in [9.17, 15) is 28.0 Å². The molecule has 13 heteroatoms. The van der Waals surface area contributed by atoms with Crippen molar-refractivity contribution in [3.05, 3.63) is 52.1 Å². The Labute approximate surface area is 209 Å². The number of hydrogen-bond acceptors (Lipinski definition) is 6. The number of rotatable bonds is 6. The van der Waals surface area contributed by atoms with E-state index in [1.54, 1.807) is 6.07 Å². The van der Waals surface area contributed by atoms with Gasteiger partial charge in [-0.1, -0.05) is 12.1 Å². The van der Waals surface area contributed by atoms with E-state index in [-0.39, 0.29) is 43.7 Å². The molecule has 0 aliphatic carbocycles. The summed E-state index contributed by atoms with van der Waals surface area (Å²) < 4.78 is 48.3. The van der Waals surface area contributed by atoms with Gasteiger partial charge >= 0.3 is 6.09 Å². The first-order valence-corrected chi connectivity index (χ1v) is 11.9. The van der Waals surface area contributed by atoms with E-state index < -0.39 is 48.0 Å². The molecule has 10 nitrogen and oxygen atoms in total. The molecule has 196 valence electrons. The molecule has 1 aromatic heterocycles. The van der Waals surface area contributed by atoms with Gasteiger partial charge in [0.2, 0.25) is 18.2 Å². The van der Waals surface area contributed by atoms with Crippen LogP contribution in [0.15, 0.2) is 18.2 Å². The van der Waals surface area contributed by atoms with Gasteiger partial charge in [0.1, 0.15) is 24.2 Å². The molecule has 0 spiro atoms. The molecule has 0 saturated carbocycles. The summed E-state index contributed by atoms with van der Waals surface area (Å²) in [7, 11) is 0.